The Morgan fingerprint density at radius 1 is 1.08 bits per heavy atom. The number of pyridine rings is 1. The van der Waals surface area contributed by atoms with Gasteiger partial charge in [-0.2, -0.15) is 0 Å². The lowest BCUT2D eigenvalue weighted by molar-refractivity contribution is -0.131. The second-order valence-electron chi connectivity index (χ2n) is 9.04. The molecule has 4 aromatic rings. The van der Waals surface area contributed by atoms with E-state index >= 15 is 0 Å². The molecule has 1 atom stereocenters. The lowest BCUT2D eigenvalue weighted by atomic mass is 10.00. The van der Waals surface area contributed by atoms with Gasteiger partial charge in [0.15, 0.2) is 0 Å². The van der Waals surface area contributed by atoms with E-state index in [0.29, 0.717) is 37.5 Å². The fourth-order valence-corrected chi connectivity index (χ4v) is 4.95. The highest BCUT2D eigenvalue weighted by molar-refractivity contribution is 6.18. The Balaban J connectivity index is 1.40. The molecule has 2 aromatic heterocycles. The third kappa shape index (κ3) is 3.95. The van der Waals surface area contributed by atoms with Gasteiger partial charge in [0.05, 0.1) is 29.0 Å². The Labute approximate surface area is 206 Å². The van der Waals surface area contributed by atoms with E-state index in [4.69, 9.17) is 0 Å². The SMILES string of the molecule is O=C(CN=C1NC(=O)N(c2ccc3nc[nH]c3c2)C1c1ccnc2ccccc12)N1CCC(O)CC1. The van der Waals surface area contributed by atoms with Gasteiger partial charge in [0.1, 0.15) is 18.4 Å². The summed E-state index contributed by atoms with van der Waals surface area (Å²) in [6.07, 6.45) is 4.10. The second-order valence-corrected chi connectivity index (χ2v) is 9.04. The maximum atomic E-state index is 13.3. The molecule has 6 rings (SSSR count). The van der Waals surface area contributed by atoms with Crippen molar-refractivity contribution in [2.75, 3.05) is 24.5 Å². The number of aromatic amines is 1. The quantitative estimate of drug-likeness (QED) is 0.411. The lowest BCUT2D eigenvalue weighted by Crippen LogP contribution is -2.41. The molecule has 10 nitrogen and oxygen atoms in total. The first-order valence-corrected chi connectivity index (χ1v) is 12.0. The Hall–Kier alpha value is -4.31. The number of nitrogens with one attached hydrogen (secondary N) is 2. The van der Waals surface area contributed by atoms with E-state index in [1.165, 1.54) is 0 Å². The molecule has 2 aliphatic heterocycles. The largest absolute Gasteiger partial charge is 0.393 e. The van der Waals surface area contributed by atoms with Crippen LogP contribution in [0.3, 0.4) is 0 Å². The minimum atomic E-state index is -0.568. The fourth-order valence-electron chi connectivity index (χ4n) is 4.95. The van der Waals surface area contributed by atoms with Crippen molar-refractivity contribution >= 4 is 45.4 Å². The van der Waals surface area contributed by atoms with Crippen molar-refractivity contribution in [3.05, 3.63) is 66.6 Å². The number of piperidine rings is 1. The molecule has 0 bridgehead atoms. The van der Waals surface area contributed by atoms with Crippen molar-refractivity contribution in [3.63, 3.8) is 0 Å². The number of hydrogen-bond donors (Lipinski definition) is 3. The van der Waals surface area contributed by atoms with Gasteiger partial charge >= 0.3 is 6.03 Å². The van der Waals surface area contributed by atoms with Gasteiger partial charge in [0.2, 0.25) is 5.91 Å². The first kappa shape index (κ1) is 22.2. The number of rotatable bonds is 4. The number of amides is 3. The molecule has 2 fully saturated rings. The fraction of sp³-hybridized carbons (Fsp3) is 0.269. The number of anilines is 1. The van der Waals surface area contributed by atoms with Crippen molar-refractivity contribution in [1.82, 2.24) is 25.2 Å². The number of imidazole rings is 1. The van der Waals surface area contributed by atoms with Crippen molar-refractivity contribution in [2.45, 2.75) is 25.0 Å². The molecule has 0 radical (unpaired) electrons. The van der Waals surface area contributed by atoms with Gasteiger partial charge in [-0.25, -0.2) is 9.78 Å². The summed E-state index contributed by atoms with van der Waals surface area (Å²) < 4.78 is 0. The molecule has 0 spiro atoms. The highest BCUT2D eigenvalue weighted by Gasteiger charge is 2.40. The molecule has 182 valence electrons. The Bertz CT molecular complexity index is 1480. The zero-order chi connectivity index (χ0) is 24.6. The third-order valence-corrected chi connectivity index (χ3v) is 6.83. The number of aliphatic hydroxyl groups excluding tert-OH is 1. The monoisotopic (exact) mass is 483 g/mol. The average Bonchev–Trinajstić information content (AvgIpc) is 3.50. The highest BCUT2D eigenvalue weighted by atomic mass is 16.3. The van der Waals surface area contributed by atoms with Crippen LogP contribution in [0.4, 0.5) is 10.5 Å². The average molecular weight is 484 g/mol. The molecule has 4 heterocycles. The lowest BCUT2D eigenvalue weighted by Gasteiger charge is -2.29. The number of fused-ring (bicyclic) bond motifs is 2. The standard InChI is InChI=1S/C26H25N7O3/c34-17-8-11-32(12-9-17)23(35)14-28-25-24(19-7-10-27-20-4-2-1-3-18(19)20)33(26(36)31-25)16-5-6-21-22(13-16)30-15-29-21/h1-7,10,13,15,17,24,34H,8-9,11-12,14H2,(H,29,30)(H,28,31,36). The maximum Gasteiger partial charge on any atom is 0.328 e. The first-order chi connectivity index (χ1) is 17.6. The summed E-state index contributed by atoms with van der Waals surface area (Å²) in [7, 11) is 0. The molecule has 3 N–H and O–H groups in total. The van der Waals surface area contributed by atoms with Crippen LogP contribution in [0, 0.1) is 0 Å². The third-order valence-electron chi connectivity index (χ3n) is 6.83. The van der Waals surface area contributed by atoms with Crippen LogP contribution in [0.15, 0.2) is 66.0 Å². The summed E-state index contributed by atoms with van der Waals surface area (Å²) in [5.74, 6) is 0.283. The van der Waals surface area contributed by atoms with Crippen LogP contribution in [0.1, 0.15) is 24.4 Å². The molecular weight excluding hydrogens is 458 g/mol. The molecule has 0 saturated carbocycles. The molecule has 2 saturated heterocycles. The zero-order valence-corrected chi connectivity index (χ0v) is 19.5. The number of aliphatic imine (C=N–C) groups is 1. The number of aliphatic hydroxyl groups is 1. The summed E-state index contributed by atoms with van der Waals surface area (Å²) in [6, 6.07) is 14.3. The van der Waals surface area contributed by atoms with Crippen LogP contribution in [0.5, 0.6) is 0 Å². The van der Waals surface area contributed by atoms with Crippen LogP contribution >= 0.6 is 0 Å². The van der Waals surface area contributed by atoms with Gasteiger partial charge in [-0.05, 0) is 48.7 Å². The summed E-state index contributed by atoms with van der Waals surface area (Å²) in [5, 5.41) is 13.6. The van der Waals surface area contributed by atoms with E-state index in [0.717, 1.165) is 27.5 Å². The van der Waals surface area contributed by atoms with Gasteiger partial charge in [-0.1, -0.05) is 18.2 Å². The van der Waals surface area contributed by atoms with Crippen molar-refractivity contribution in [1.29, 1.82) is 0 Å². The number of carbonyl (C=O) groups is 2. The van der Waals surface area contributed by atoms with Crippen molar-refractivity contribution in [2.24, 2.45) is 4.99 Å². The second kappa shape index (κ2) is 9.04. The normalized spacial score (nSPS) is 20.0. The Kier molecular flexibility index (Phi) is 5.57. The smallest absolute Gasteiger partial charge is 0.328 e. The van der Waals surface area contributed by atoms with Gasteiger partial charge in [0, 0.05) is 30.4 Å². The Morgan fingerprint density at radius 2 is 1.92 bits per heavy atom. The molecule has 2 aromatic carbocycles. The number of carbonyl (C=O) groups excluding carboxylic acids is 2. The molecular formula is C26H25N7O3. The number of hydrogen-bond acceptors (Lipinski definition) is 6. The van der Waals surface area contributed by atoms with E-state index in [1.807, 2.05) is 48.5 Å². The summed E-state index contributed by atoms with van der Waals surface area (Å²) in [6.45, 7) is 0.927. The number of amidine groups is 1. The molecule has 10 heteroatoms. The summed E-state index contributed by atoms with van der Waals surface area (Å²) in [5.41, 5.74) is 3.95. The van der Waals surface area contributed by atoms with E-state index in [2.05, 4.69) is 25.3 Å². The predicted molar refractivity (Wildman–Crippen MR) is 136 cm³/mol. The summed E-state index contributed by atoms with van der Waals surface area (Å²) >= 11 is 0. The summed E-state index contributed by atoms with van der Waals surface area (Å²) in [4.78, 5) is 46.0. The molecule has 1 unspecified atom stereocenters. The molecule has 0 aliphatic carbocycles. The van der Waals surface area contributed by atoms with Gasteiger partial charge in [0.25, 0.3) is 0 Å². The van der Waals surface area contributed by atoms with E-state index in [9.17, 15) is 14.7 Å². The molecule has 3 amide bonds. The number of nitrogens with zero attached hydrogens (tertiary/aromatic N) is 5. The minimum Gasteiger partial charge on any atom is -0.393 e. The van der Waals surface area contributed by atoms with Crippen LogP contribution in [0.25, 0.3) is 21.9 Å². The van der Waals surface area contributed by atoms with Crippen LogP contribution in [0.2, 0.25) is 0 Å². The number of H-pyrrole nitrogens is 1. The predicted octanol–water partition coefficient (Wildman–Crippen LogP) is 2.76. The maximum absolute atomic E-state index is 13.3. The van der Waals surface area contributed by atoms with E-state index < -0.39 is 6.04 Å². The van der Waals surface area contributed by atoms with Crippen molar-refractivity contribution in [3.8, 4) is 0 Å². The molecule has 36 heavy (non-hydrogen) atoms. The topological polar surface area (TPSA) is 127 Å². The van der Waals surface area contributed by atoms with Gasteiger partial charge in [-0.3, -0.25) is 25.0 Å². The van der Waals surface area contributed by atoms with Gasteiger partial charge < -0.3 is 15.0 Å². The number of likely N-dealkylation sites (tertiary alicyclic amines) is 1. The Morgan fingerprint density at radius 3 is 2.78 bits per heavy atom. The van der Waals surface area contributed by atoms with Crippen LogP contribution < -0.4 is 10.2 Å². The first-order valence-electron chi connectivity index (χ1n) is 12.0. The van der Waals surface area contributed by atoms with Crippen LogP contribution in [-0.4, -0.2) is 68.5 Å². The van der Waals surface area contributed by atoms with E-state index in [-0.39, 0.29) is 24.6 Å². The van der Waals surface area contributed by atoms with Crippen molar-refractivity contribution < 1.29 is 14.7 Å². The zero-order valence-electron chi connectivity index (χ0n) is 19.5. The number of benzene rings is 2. The highest BCUT2D eigenvalue weighted by Crippen LogP contribution is 2.36. The van der Waals surface area contributed by atoms with Gasteiger partial charge in [-0.15, -0.1) is 0 Å². The molecule has 2 aliphatic rings. The number of aromatic nitrogens is 3. The minimum absolute atomic E-state index is 0.0847. The number of para-hydroxylation sites is 1. The van der Waals surface area contributed by atoms with Crippen LogP contribution in [-0.2, 0) is 4.79 Å². The number of urea groups is 1. The van der Waals surface area contributed by atoms with E-state index in [1.54, 1.807) is 22.3 Å².